The second-order valence-electron chi connectivity index (χ2n) is 10.3. The maximum Gasteiger partial charge on any atom is 0.338 e. The number of aliphatic hydroxyl groups is 1. The summed E-state index contributed by atoms with van der Waals surface area (Å²) in [5.41, 5.74) is 4.32. The molecule has 0 spiro atoms. The molecule has 1 aliphatic rings. The Morgan fingerprint density at radius 1 is 0.974 bits per heavy atom. The Morgan fingerprint density at radius 2 is 1.67 bits per heavy atom. The monoisotopic (exact) mass is 527 g/mol. The lowest BCUT2D eigenvalue weighted by atomic mass is 9.92. The number of methoxy groups -OCH3 is 1. The minimum atomic E-state index is -0.870. The predicted molar refractivity (Wildman–Crippen MR) is 150 cm³/mol. The minimum Gasteiger partial charge on any atom is -0.507 e. The zero-order chi connectivity index (χ0) is 28.4. The van der Waals surface area contributed by atoms with Gasteiger partial charge < -0.3 is 14.6 Å². The van der Waals surface area contributed by atoms with Crippen molar-refractivity contribution in [2.24, 2.45) is 5.92 Å². The van der Waals surface area contributed by atoms with Crippen LogP contribution in [0.5, 0.6) is 5.75 Å². The molecule has 0 saturated carbocycles. The number of hydrogen-bond donors (Lipinski definition) is 1. The van der Waals surface area contributed by atoms with E-state index in [4.69, 9.17) is 9.47 Å². The lowest BCUT2D eigenvalue weighted by Crippen LogP contribution is -2.29. The Kier molecular flexibility index (Phi) is 7.90. The lowest BCUT2D eigenvalue weighted by Gasteiger charge is -2.26. The highest BCUT2D eigenvalue weighted by atomic mass is 16.5. The number of benzene rings is 3. The molecule has 39 heavy (non-hydrogen) atoms. The number of ether oxygens (including phenoxy) is 2. The molecule has 1 unspecified atom stereocenters. The van der Waals surface area contributed by atoms with E-state index in [1.807, 2.05) is 58.9 Å². The molecule has 1 aliphatic heterocycles. The summed E-state index contributed by atoms with van der Waals surface area (Å²) < 4.78 is 10.7. The van der Waals surface area contributed by atoms with Crippen molar-refractivity contribution in [1.82, 2.24) is 0 Å². The van der Waals surface area contributed by atoms with Crippen LogP contribution in [0.1, 0.15) is 58.1 Å². The SMILES string of the molecule is COc1cc(C)c(/C(O)=C2\C(=O)C(=O)N(c3ccc(C(=O)OCC(C)C)cc3)C2c2cccc(C)c2)cc1C. The van der Waals surface area contributed by atoms with E-state index < -0.39 is 23.7 Å². The van der Waals surface area contributed by atoms with Gasteiger partial charge in [-0.1, -0.05) is 43.7 Å². The van der Waals surface area contributed by atoms with Crippen LogP contribution in [-0.4, -0.2) is 36.5 Å². The van der Waals surface area contributed by atoms with Crippen molar-refractivity contribution in [1.29, 1.82) is 0 Å². The van der Waals surface area contributed by atoms with Gasteiger partial charge in [-0.05, 0) is 79.8 Å². The molecule has 3 aromatic carbocycles. The Balaban J connectivity index is 1.84. The van der Waals surface area contributed by atoms with Gasteiger partial charge in [0.25, 0.3) is 11.7 Å². The first-order chi connectivity index (χ1) is 18.5. The first kappa shape index (κ1) is 27.6. The van der Waals surface area contributed by atoms with Gasteiger partial charge in [-0.3, -0.25) is 14.5 Å². The van der Waals surface area contributed by atoms with Gasteiger partial charge in [0.1, 0.15) is 11.5 Å². The van der Waals surface area contributed by atoms with Crippen molar-refractivity contribution >= 4 is 29.1 Å². The zero-order valence-electron chi connectivity index (χ0n) is 23.1. The van der Waals surface area contributed by atoms with Crippen LogP contribution in [0.3, 0.4) is 0 Å². The summed E-state index contributed by atoms with van der Waals surface area (Å²) in [4.78, 5) is 40.8. The number of carbonyl (C=O) groups is 3. The summed E-state index contributed by atoms with van der Waals surface area (Å²) >= 11 is 0. The van der Waals surface area contributed by atoms with Crippen LogP contribution in [0.2, 0.25) is 0 Å². The molecule has 1 N–H and O–H groups in total. The molecule has 1 amide bonds. The standard InChI is InChI=1S/C32H33NO6/c1-18(2)17-39-32(37)22-10-12-24(13-11-22)33-28(23-9-7-8-19(3)14-23)27(30(35)31(33)36)29(34)25-15-21(5)26(38-6)16-20(25)4/h7-16,18,28,34H,17H2,1-6H3/b29-27+. The molecule has 4 rings (SSSR count). The van der Waals surface area contributed by atoms with Crippen LogP contribution < -0.4 is 9.64 Å². The van der Waals surface area contributed by atoms with E-state index in [1.54, 1.807) is 43.5 Å². The van der Waals surface area contributed by atoms with E-state index >= 15 is 0 Å². The molecule has 0 aromatic heterocycles. The molecular formula is C32H33NO6. The second kappa shape index (κ2) is 11.2. The third kappa shape index (κ3) is 5.43. The predicted octanol–water partition coefficient (Wildman–Crippen LogP) is 6.06. The van der Waals surface area contributed by atoms with Gasteiger partial charge in [0.05, 0.1) is 30.9 Å². The van der Waals surface area contributed by atoms with Crippen molar-refractivity contribution in [2.45, 2.75) is 40.7 Å². The average molecular weight is 528 g/mol. The molecule has 0 radical (unpaired) electrons. The van der Waals surface area contributed by atoms with Gasteiger partial charge in [0.2, 0.25) is 0 Å². The molecule has 7 nitrogen and oxygen atoms in total. The minimum absolute atomic E-state index is 0.00122. The fourth-order valence-corrected chi connectivity index (χ4v) is 4.75. The summed E-state index contributed by atoms with van der Waals surface area (Å²) in [5, 5.41) is 11.5. The molecule has 202 valence electrons. The van der Waals surface area contributed by atoms with Gasteiger partial charge in [0.15, 0.2) is 0 Å². The van der Waals surface area contributed by atoms with E-state index in [9.17, 15) is 19.5 Å². The smallest absolute Gasteiger partial charge is 0.338 e. The topological polar surface area (TPSA) is 93.1 Å². The van der Waals surface area contributed by atoms with Crippen LogP contribution >= 0.6 is 0 Å². The largest absolute Gasteiger partial charge is 0.507 e. The van der Waals surface area contributed by atoms with E-state index in [1.165, 1.54) is 4.90 Å². The number of hydrogen-bond acceptors (Lipinski definition) is 6. The van der Waals surface area contributed by atoms with E-state index in [0.717, 1.165) is 11.1 Å². The van der Waals surface area contributed by atoms with E-state index in [2.05, 4.69) is 0 Å². The Hall–Kier alpha value is -4.39. The number of ketones is 1. The number of carbonyl (C=O) groups excluding carboxylic acids is 3. The molecule has 1 saturated heterocycles. The fourth-order valence-electron chi connectivity index (χ4n) is 4.75. The number of nitrogens with zero attached hydrogens (tertiary/aromatic N) is 1. The van der Waals surface area contributed by atoms with Gasteiger partial charge in [-0.2, -0.15) is 0 Å². The molecule has 7 heteroatoms. The molecule has 3 aromatic rings. The van der Waals surface area contributed by atoms with Crippen molar-refractivity contribution in [3.05, 3.63) is 99.6 Å². The molecule has 1 atom stereocenters. The maximum absolute atomic E-state index is 13.5. The molecule has 1 fully saturated rings. The number of amides is 1. The highest BCUT2D eigenvalue weighted by Gasteiger charge is 2.47. The van der Waals surface area contributed by atoms with Crippen LogP contribution in [-0.2, 0) is 14.3 Å². The van der Waals surface area contributed by atoms with E-state index in [-0.39, 0.29) is 17.3 Å². The quantitative estimate of drug-likeness (QED) is 0.174. The number of aliphatic hydroxyl groups excluding tert-OH is 1. The average Bonchev–Trinajstić information content (AvgIpc) is 3.18. The Bertz CT molecular complexity index is 1470. The highest BCUT2D eigenvalue weighted by Crippen LogP contribution is 2.43. The van der Waals surface area contributed by atoms with Crippen LogP contribution in [0, 0.1) is 26.7 Å². The van der Waals surface area contributed by atoms with Crippen molar-refractivity contribution in [3.8, 4) is 5.75 Å². The van der Waals surface area contributed by atoms with Crippen LogP contribution in [0.15, 0.2) is 66.2 Å². The normalized spacial score (nSPS) is 16.6. The highest BCUT2D eigenvalue weighted by molar-refractivity contribution is 6.51. The number of rotatable bonds is 7. The first-order valence-electron chi connectivity index (χ1n) is 12.8. The van der Waals surface area contributed by atoms with Gasteiger partial charge >= 0.3 is 5.97 Å². The zero-order valence-corrected chi connectivity index (χ0v) is 23.1. The van der Waals surface area contributed by atoms with Crippen molar-refractivity contribution in [2.75, 3.05) is 18.6 Å². The van der Waals surface area contributed by atoms with E-state index in [0.29, 0.717) is 40.3 Å². The molecule has 0 aliphatic carbocycles. The summed E-state index contributed by atoms with van der Waals surface area (Å²) in [6.07, 6.45) is 0. The summed E-state index contributed by atoms with van der Waals surface area (Å²) in [7, 11) is 1.57. The number of aryl methyl sites for hydroxylation is 3. The maximum atomic E-state index is 13.5. The first-order valence-corrected chi connectivity index (χ1v) is 12.8. The lowest BCUT2D eigenvalue weighted by molar-refractivity contribution is -0.132. The fraction of sp³-hybridized carbons (Fsp3) is 0.281. The molecule has 0 bridgehead atoms. The summed E-state index contributed by atoms with van der Waals surface area (Å²) in [6, 6.07) is 16.5. The van der Waals surface area contributed by atoms with Gasteiger partial charge in [0, 0.05) is 11.3 Å². The third-order valence-corrected chi connectivity index (χ3v) is 6.73. The molecule has 1 heterocycles. The Morgan fingerprint density at radius 3 is 2.28 bits per heavy atom. The number of anilines is 1. The Labute approximate surface area is 228 Å². The van der Waals surface area contributed by atoms with Gasteiger partial charge in [-0.15, -0.1) is 0 Å². The van der Waals surface area contributed by atoms with Gasteiger partial charge in [-0.25, -0.2) is 4.79 Å². The van der Waals surface area contributed by atoms with Crippen LogP contribution in [0.25, 0.3) is 5.76 Å². The van der Waals surface area contributed by atoms with Crippen LogP contribution in [0.4, 0.5) is 5.69 Å². The molecular weight excluding hydrogens is 494 g/mol. The third-order valence-electron chi connectivity index (χ3n) is 6.73. The van der Waals surface area contributed by atoms with Crippen molar-refractivity contribution < 1.29 is 29.0 Å². The van der Waals surface area contributed by atoms with Crippen molar-refractivity contribution in [3.63, 3.8) is 0 Å². The summed E-state index contributed by atoms with van der Waals surface area (Å²) in [5.74, 6) is -1.40. The number of esters is 1. The summed E-state index contributed by atoms with van der Waals surface area (Å²) in [6.45, 7) is 9.78. The number of Topliss-reactive ketones (excluding diaryl/α,β-unsaturated/α-hetero) is 1. The second-order valence-corrected chi connectivity index (χ2v) is 10.3.